The first-order chi connectivity index (χ1) is 5.77. The lowest BCUT2D eigenvalue weighted by Crippen LogP contribution is -2.14. The van der Waals surface area contributed by atoms with Crippen molar-refractivity contribution in [3.8, 4) is 12.3 Å². The molecule has 0 aromatic carbocycles. The van der Waals surface area contributed by atoms with E-state index >= 15 is 0 Å². The SMILES string of the molecule is C#CCC(NC)c1ccc(Br)s1. The summed E-state index contributed by atoms with van der Waals surface area (Å²) in [5.41, 5.74) is 0. The van der Waals surface area contributed by atoms with E-state index in [1.165, 1.54) is 4.88 Å². The summed E-state index contributed by atoms with van der Waals surface area (Å²) in [5.74, 6) is 2.66. The van der Waals surface area contributed by atoms with E-state index in [4.69, 9.17) is 6.42 Å². The van der Waals surface area contributed by atoms with Crippen molar-refractivity contribution in [1.29, 1.82) is 0 Å². The van der Waals surface area contributed by atoms with E-state index in [2.05, 4.69) is 33.2 Å². The molecule has 1 unspecified atom stereocenters. The molecule has 64 valence electrons. The van der Waals surface area contributed by atoms with Crippen molar-refractivity contribution in [2.24, 2.45) is 0 Å². The van der Waals surface area contributed by atoms with Gasteiger partial charge >= 0.3 is 0 Å². The molecule has 0 saturated carbocycles. The van der Waals surface area contributed by atoms with Gasteiger partial charge in [0, 0.05) is 11.3 Å². The van der Waals surface area contributed by atoms with E-state index in [0.29, 0.717) is 6.04 Å². The van der Waals surface area contributed by atoms with Crippen LogP contribution in [0.25, 0.3) is 0 Å². The van der Waals surface area contributed by atoms with Crippen molar-refractivity contribution in [3.05, 3.63) is 20.8 Å². The second kappa shape index (κ2) is 4.66. The Bertz CT molecular complexity index is 287. The number of terminal acetylenes is 1. The van der Waals surface area contributed by atoms with E-state index in [0.717, 1.165) is 10.2 Å². The van der Waals surface area contributed by atoms with Gasteiger partial charge in [-0.05, 0) is 35.1 Å². The first kappa shape index (κ1) is 9.79. The lowest BCUT2D eigenvalue weighted by molar-refractivity contribution is 0.622. The molecule has 0 saturated heterocycles. The molecule has 1 aromatic heterocycles. The number of hydrogen-bond donors (Lipinski definition) is 1. The largest absolute Gasteiger partial charge is 0.312 e. The zero-order valence-electron chi connectivity index (χ0n) is 6.80. The summed E-state index contributed by atoms with van der Waals surface area (Å²) in [6.07, 6.45) is 5.99. The Labute approximate surface area is 85.3 Å². The van der Waals surface area contributed by atoms with Gasteiger partial charge in [0.1, 0.15) is 0 Å². The molecule has 0 aliphatic heterocycles. The zero-order chi connectivity index (χ0) is 8.97. The summed E-state index contributed by atoms with van der Waals surface area (Å²) < 4.78 is 1.15. The van der Waals surface area contributed by atoms with E-state index in [1.54, 1.807) is 11.3 Å². The average Bonchev–Trinajstić information content (AvgIpc) is 2.47. The minimum Gasteiger partial charge on any atom is -0.312 e. The van der Waals surface area contributed by atoms with Gasteiger partial charge in [0.25, 0.3) is 0 Å². The number of thiophene rings is 1. The smallest absolute Gasteiger partial charge is 0.0701 e. The van der Waals surface area contributed by atoms with Gasteiger partial charge in [0.15, 0.2) is 0 Å². The summed E-state index contributed by atoms with van der Waals surface area (Å²) in [6, 6.07) is 4.43. The molecular weight excluding hydrogens is 234 g/mol. The third kappa shape index (κ3) is 2.34. The Hall–Kier alpha value is -0.300. The second-order valence-electron chi connectivity index (χ2n) is 2.39. The fourth-order valence-electron chi connectivity index (χ4n) is 0.978. The quantitative estimate of drug-likeness (QED) is 0.806. The molecular formula is C9H10BrNS. The second-order valence-corrected chi connectivity index (χ2v) is 4.89. The molecule has 0 fully saturated rings. The zero-order valence-corrected chi connectivity index (χ0v) is 9.21. The number of nitrogens with one attached hydrogen (secondary N) is 1. The fraction of sp³-hybridized carbons (Fsp3) is 0.333. The highest BCUT2D eigenvalue weighted by Crippen LogP contribution is 2.28. The van der Waals surface area contributed by atoms with Gasteiger partial charge in [-0.1, -0.05) is 0 Å². The van der Waals surface area contributed by atoms with Crippen molar-refractivity contribution in [3.63, 3.8) is 0 Å². The predicted molar refractivity (Wildman–Crippen MR) is 57.3 cm³/mol. The van der Waals surface area contributed by atoms with Gasteiger partial charge < -0.3 is 5.32 Å². The molecule has 0 spiro atoms. The van der Waals surface area contributed by atoms with Gasteiger partial charge in [-0.15, -0.1) is 23.7 Å². The Morgan fingerprint density at radius 2 is 2.50 bits per heavy atom. The summed E-state index contributed by atoms with van der Waals surface area (Å²) in [6.45, 7) is 0. The van der Waals surface area contributed by atoms with Crippen molar-refractivity contribution in [1.82, 2.24) is 5.32 Å². The first-order valence-corrected chi connectivity index (χ1v) is 5.25. The van der Waals surface area contributed by atoms with Gasteiger partial charge in [0.05, 0.1) is 9.83 Å². The van der Waals surface area contributed by atoms with Gasteiger partial charge in [-0.25, -0.2) is 0 Å². The first-order valence-electron chi connectivity index (χ1n) is 3.64. The summed E-state index contributed by atoms with van der Waals surface area (Å²) in [4.78, 5) is 1.28. The standard InChI is InChI=1S/C9H10BrNS/c1-3-4-7(11-2)8-5-6-9(10)12-8/h1,5-7,11H,4H2,2H3. The van der Waals surface area contributed by atoms with Crippen LogP contribution >= 0.6 is 27.3 Å². The maximum absolute atomic E-state index is 5.25. The van der Waals surface area contributed by atoms with Gasteiger partial charge in [-0.3, -0.25) is 0 Å². The van der Waals surface area contributed by atoms with Crippen molar-refractivity contribution < 1.29 is 0 Å². The molecule has 1 aromatic rings. The van der Waals surface area contributed by atoms with Crippen molar-refractivity contribution >= 4 is 27.3 Å². The average molecular weight is 244 g/mol. The molecule has 1 rings (SSSR count). The lowest BCUT2D eigenvalue weighted by Gasteiger charge is -2.09. The van der Waals surface area contributed by atoms with Crippen LogP contribution in [0.15, 0.2) is 15.9 Å². The number of hydrogen-bond acceptors (Lipinski definition) is 2. The molecule has 3 heteroatoms. The number of rotatable bonds is 3. The molecule has 0 bridgehead atoms. The minimum atomic E-state index is 0.297. The highest BCUT2D eigenvalue weighted by atomic mass is 79.9. The van der Waals surface area contributed by atoms with E-state index < -0.39 is 0 Å². The van der Waals surface area contributed by atoms with E-state index in [1.807, 2.05) is 13.1 Å². The Balaban J connectivity index is 2.74. The van der Waals surface area contributed by atoms with Gasteiger partial charge in [0.2, 0.25) is 0 Å². The third-order valence-electron chi connectivity index (χ3n) is 1.61. The van der Waals surface area contributed by atoms with Crippen molar-refractivity contribution in [2.75, 3.05) is 7.05 Å². The summed E-state index contributed by atoms with van der Waals surface area (Å²) in [7, 11) is 1.93. The third-order valence-corrected chi connectivity index (χ3v) is 3.35. The normalized spacial score (nSPS) is 12.4. The van der Waals surface area contributed by atoms with E-state index in [-0.39, 0.29) is 0 Å². The molecule has 0 amide bonds. The maximum atomic E-state index is 5.25. The monoisotopic (exact) mass is 243 g/mol. The van der Waals surface area contributed by atoms with Crippen LogP contribution in [0, 0.1) is 12.3 Å². The molecule has 1 nitrogen and oxygen atoms in total. The highest BCUT2D eigenvalue weighted by molar-refractivity contribution is 9.11. The maximum Gasteiger partial charge on any atom is 0.0701 e. The molecule has 12 heavy (non-hydrogen) atoms. The fourth-order valence-corrected chi connectivity index (χ4v) is 2.51. The Morgan fingerprint density at radius 3 is 2.92 bits per heavy atom. The Kier molecular flexibility index (Phi) is 3.80. The predicted octanol–water partition coefficient (Wildman–Crippen LogP) is 2.79. The van der Waals surface area contributed by atoms with E-state index in [9.17, 15) is 0 Å². The summed E-state index contributed by atoms with van der Waals surface area (Å²) >= 11 is 5.14. The molecule has 0 aliphatic rings. The van der Waals surface area contributed by atoms with Crippen LogP contribution in [0.1, 0.15) is 17.3 Å². The minimum absolute atomic E-state index is 0.297. The van der Waals surface area contributed by atoms with Crippen LogP contribution in [0.4, 0.5) is 0 Å². The molecule has 1 N–H and O–H groups in total. The van der Waals surface area contributed by atoms with Crippen LogP contribution < -0.4 is 5.32 Å². The van der Waals surface area contributed by atoms with Crippen molar-refractivity contribution in [2.45, 2.75) is 12.5 Å². The molecule has 1 atom stereocenters. The summed E-state index contributed by atoms with van der Waals surface area (Å²) in [5, 5.41) is 3.18. The molecule has 0 aliphatic carbocycles. The van der Waals surface area contributed by atoms with Crippen LogP contribution in [-0.4, -0.2) is 7.05 Å². The topological polar surface area (TPSA) is 12.0 Å². The van der Waals surface area contributed by atoms with Crippen LogP contribution in [0.3, 0.4) is 0 Å². The van der Waals surface area contributed by atoms with Gasteiger partial charge in [-0.2, -0.15) is 0 Å². The van der Waals surface area contributed by atoms with Crippen LogP contribution in [-0.2, 0) is 0 Å². The molecule has 0 radical (unpaired) electrons. The highest BCUT2D eigenvalue weighted by Gasteiger charge is 2.09. The van der Waals surface area contributed by atoms with Crippen LogP contribution in [0.2, 0.25) is 0 Å². The molecule has 1 heterocycles. The lowest BCUT2D eigenvalue weighted by atomic mass is 10.2. The van der Waals surface area contributed by atoms with Crippen LogP contribution in [0.5, 0.6) is 0 Å². The number of halogens is 1. The Morgan fingerprint density at radius 1 is 1.75 bits per heavy atom.